The van der Waals surface area contributed by atoms with Gasteiger partial charge in [-0.3, -0.25) is 0 Å². The van der Waals surface area contributed by atoms with Gasteiger partial charge in [-0.1, -0.05) is 19.0 Å². The number of likely N-dealkylation sites (N-methyl/N-ethyl adjacent to an activating group) is 1. The maximum absolute atomic E-state index is 6.12. The molecule has 2 unspecified atom stereocenters. The Morgan fingerprint density at radius 3 is 2.79 bits per heavy atom. The van der Waals surface area contributed by atoms with Crippen molar-refractivity contribution in [3.63, 3.8) is 0 Å². The van der Waals surface area contributed by atoms with Crippen LogP contribution in [0.2, 0.25) is 0 Å². The van der Waals surface area contributed by atoms with Crippen LogP contribution in [0.15, 0.2) is 4.52 Å². The van der Waals surface area contributed by atoms with Gasteiger partial charge in [-0.2, -0.15) is 4.98 Å². The molecular formula is C13H24N4O2. The second kappa shape index (κ2) is 6.98. The van der Waals surface area contributed by atoms with Gasteiger partial charge in [0.2, 0.25) is 0 Å². The van der Waals surface area contributed by atoms with Crippen molar-refractivity contribution in [2.45, 2.75) is 45.3 Å². The molecule has 6 nitrogen and oxygen atoms in total. The van der Waals surface area contributed by atoms with Crippen LogP contribution in [0.1, 0.15) is 57.0 Å². The molecule has 2 rings (SSSR count). The Balaban J connectivity index is 1.95. The van der Waals surface area contributed by atoms with Crippen LogP contribution in [0.4, 0.5) is 0 Å². The van der Waals surface area contributed by atoms with Crippen LogP contribution in [0.5, 0.6) is 0 Å². The van der Waals surface area contributed by atoms with Crippen molar-refractivity contribution in [3.05, 3.63) is 11.7 Å². The third-order valence-electron chi connectivity index (χ3n) is 3.59. The Hall–Kier alpha value is -0.980. The van der Waals surface area contributed by atoms with E-state index in [1.165, 1.54) is 0 Å². The first-order chi connectivity index (χ1) is 9.24. The summed E-state index contributed by atoms with van der Waals surface area (Å²) < 4.78 is 10.9. The molecule has 6 heteroatoms. The number of ether oxygens (including phenoxy) is 1. The first kappa shape index (κ1) is 14.4. The third kappa shape index (κ3) is 3.75. The highest BCUT2D eigenvalue weighted by Gasteiger charge is 2.24. The van der Waals surface area contributed by atoms with Crippen molar-refractivity contribution in [2.75, 3.05) is 26.2 Å². The van der Waals surface area contributed by atoms with Gasteiger partial charge in [-0.05, 0) is 32.4 Å². The highest BCUT2D eigenvalue weighted by atomic mass is 16.5. The van der Waals surface area contributed by atoms with E-state index in [0.717, 1.165) is 45.5 Å². The zero-order chi connectivity index (χ0) is 13.7. The molecule has 1 fully saturated rings. The van der Waals surface area contributed by atoms with Crippen molar-refractivity contribution >= 4 is 0 Å². The van der Waals surface area contributed by atoms with E-state index in [4.69, 9.17) is 15.0 Å². The minimum atomic E-state index is -0.207. The summed E-state index contributed by atoms with van der Waals surface area (Å²) in [7, 11) is 0. The molecule has 1 aromatic heterocycles. The molecule has 1 aromatic rings. The fraction of sp³-hybridized carbons (Fsp3) is 0.846. The predicted molar refractivity (Wildman–Crippen MR) is 71.6 cm³/mol. The van der Waals surface area contributed by atoms with Gasteiger partial charge in [0.05, 0.1) is 6.04 Å². The van der Waals surface area contributed by atoms with E-state index in [1.54, 1.807) is 0 Å². The Kier molecular flexibility index (Phi) is 5.30. The normalized spacial score (nSPS) is 21.8. The molecule has 2 atom stereocenters. The monoisotopic (exact) mass is 268 g/mol. The van der Waals surface area contributed by atoms with Gasteiger partial charge in [-0.25, -0.2) is 0 Å². The van der Waals surface area contributed by atoms with Gasteiger partial charge in [0, 0.05) is 13.2 Å². The van der Waals surface area contributed by atoms with E-state index in [1.807, 2.05) is 0 Å². The maximum atomic E-state index is 6.12. The summed E-state index contributed by atoms with van der Waals surface area (Å²) in [5.41, 5.74) is 6.12. The molecule has 0 amide bonds. The van der Waals surface area contributed by atoms with Gasteiger partial charge >= 0.3 is 0 Å². The minimum Gasteiger partial charge on any atom is -0.368 e. The Bertz CT molecular complexity index is 372. The smallest absolute Gasteiger partial charge is 0.255 e. The first-order valence-corrected chi connectivity index (χ1v) is 7.17. The summed E-state index contributed by atoms with van der Waals surface area (Å²) >= 11 is 0. The predicted octanol–water partition coefficient (Wildman–Crippen LogP) is 1.65. The lowest BCUT2D eigenvalue weighted by molar-refractivity contribution is -0.00459. The minimum absolute atomic E-state index is 0.0457. The highest BCUT2D eigenvalue weighted by molar-refractivity contribution is 4.97. The van der Waals surface area contributed by atoms with Gasteiger partial charge in [0.1, 0.15) is 6.10 Å². The zero-order valence-corrected chi connectivity index (χ0v) is 11.8. The third-order valence-corrected chi connectivity index (χ3v) is 3.59. The highest BCUT2D eigenvalue weighted by Crippen LogP contribution is 2.26. The van der Waals surface area contributed by atoms with E-state index in [2.05, 4.69) is 28.9 Å². The fourth-order valence-electron chi connectivity index (χ4n) is 2.31. The number of hydrogen-bond donors (Lipinski definition) is 1. The number of hydrogen-bond acceptors (Lipinski definition) is 6. The molecule has 0 aliphatic carbocycles. The molecule has 0 aromatic carbocycles. The summed E-state index contributed by atoms with van der Waals surface area (Å²) in [6, 6.07) is -0.207. The lowest BCUT2D eigenvalue weighted by atomic mass is 10.1. The van der Waals surface area contributed by atoms with Crippen LogP contribution in [-0.4, -0.2) is 41.3 Å². The second-order valence-electron chi connectivity index (χ2n) is 4.94. The van der Waals surface area contributed by atoms with Crippen LogP contribution in [-0.2, 0) is 4.74 Å². The molecule has 0 bridgehead atoms. The van der Waals surface area contributed by atoms with Crippen molar-refractivity contribution in [1.82, 2.24) is 15.0 Å². The summed E-state index contributed by atoms with van der Waals surface area (Å²) in [6.07, 6.45) is 3.16. The molecule has 1 aliphatic rings. The van der Waals surface area contributed by atoms with Gasteiger partial charge < -0.3 is 19.9 Å². The molecule has 1 aliphatic heterocycles. The van der Waals surface area contributed by atoms with Crippen molar-refractivity contribution < 1.29 is 9.26 Å². The van der Waals surface area contributed by atoms with Crippen molar-refractivity contribution in [2.24, 2.45) is 5.73 Å². The van der Waals surface area contributed by atoms with E-state index < -0.39 is 0 Å². The lowest BCUT2D eigenvalue weighted by Gasteiger charge is -2.20. The molecule has 19 heavy (non-hydrogen) atoms. The van der Waals surface area contributed by atoms with Crippen LogP contribution in [0.3, 0.4) is 0 Å². The molecule has 1 saturated heterocycles. The Morgan fingerprint density at radius 1 is 1.37 bits per heavy atom. The van der Waals surface area contributed by atoms with Crippen LogP contribution >= 0.6 is 0 Å². The van der Waals surface area contributed by atoms with E-state index in [9.17, 15) is 0 Å². The van der Waals surface area contributed by atoms with Crippen LogP contribution in [0.25, 0.3) is 0 Å². The fourth-order valence-corrected chi connectivity index (χ4v) is 2.31. The average molecular weight is 268 g/mol. The topological polar surface area (TPSA) is 77.4 Å². The Morgan fingerprint density at radius 2 is 2.16 bits per heavy atom. The maximum Gasteiger partial charge on any atom is 0.255 e. The van der Waals surface area contributed by atoms with Crippen LogP contribution in [0, 0.1) is 0 Å². The van der Waals surface area contributed by atoms with E-state index in [0.29, 0.717) is 11.7 Å². The summed E-state index contributed by atoms with van der Waals surface area (Å²) in [5, 5.41) is 4.00. The summed E-state index contributed by atoms with van der Waals surface area (Å²) in [5.74, 6) is 1.15. The number of nitrogens with two attached hydrogens (primary N) is 1. The number of rotatable bonds is 6. The van der Waals surface area contributed by atoms with Crippen LogP contribution < -0.4 is 5.73 Å². The molecule has 0 spiro atoms. The number of nitrogens with zero attached hydrogens (tertiary/aromatic N) is 3. The van der Waals surface area contributed by atoms with Gasteiger partial charge in [0.15, 0.2) is 5.82 Å². The first-order valence-electron chi connectivity index (χ1n) is 7.17. The zero-order valence-electron chi connectivity index (χ0n) is 11.8. The summed E-state index contributed by atoms with van der Waals surface area (Å²) in [4.78, 5) is 6.65. The molecular weight excluding hydrogens is 244 g/mol. The van der Waals surface area contributed by atoms with Gasteiger partial charge in [-0.15, -0.1) is 0 Å². The largest absolute Gasteiger partial charge is 0.368 e. The summed E-state index contributed by atoms with van der Waals surface area (Å²) in [6.45, 7) is 7.70. The molecule has 0 radical (unpaired) electrons. The van der Waals surface area contributed by atoms with Gasteiger partial charge in [0.25, 0.3) is 5.89 Å². The molecule has 2 heterocycles. The van der Waals surface area contributed by atoms with E-state index in [-0.39, 0.29) is 12.1 Å². The quantitative estimate of drug-likeness (QED) is 0.845. The van der Waals surface area contributed by atoms with Crippen molar-refractivity contribution in [3.8, 4) is 0 Å². The molecule has 0 saturated carbocycles. The molecule has 2 N–H and O–H groups in total. The lowest BCUT2D eigenvalue weighted by Crippen LogP contribution is -2.32. The Labute approximate surface area is 114 Å². The molecule has 108 valence electrons. The average Bonchev–Trinajstić information content (AvgIpc) is 2.95. The standard InChI is InChI=1S/C13H24N4O2/c1-3-17(4-2)9-10(14)12-15-13(19-16-12)11-7-5-6-8-18-11/h10-11H,3-9,14H2,1-2H3. The van der Waals surface area contributed by atoms with Crippen molar-refractivity contribution in [1.29, 1.82) is 0 Å². The number of aromatic nitrogens is 2. The van der Waals surface area contributed by atoms with E-state index >= 15 is 0 Å². The SMILES string of the molecule is CCN(CC)CC(N)c1noc(C2CCCCO2)n1. The second-order valence-corrected chi connectivity index (χ2v) is 4.94.